The van der Waals surface area contributed by atoms with Crippen molar-refractivity contribution in [2.75, 3.05) is 39.4 Å². The van der Waals surface area contributed by atoms with Gasteiger partial charge in [-0.2, -0.15) is 0 Å². The molecule has 1 aromatic carbocycles. The molecule has 1 aromatic rings. The summed E-state index contributed by atoms with van der Waals surface area (Å²) in [5.74, 6) is 1.000. The number of rotatable bonds is 10. The molecule has 1 saturated carbocycles. The molecular formula is C27H34N4O3. The van der Waals surface area contributed by atoms with Crippen molar-refractivity contribution in [1.82, 2.24) is 15.5 Å². The van der Waals surface area contributed by atoms with E-state index >= 15 is 0 Å². The van der Waals surface area contributed by atoms with Gasteiger partial charge < -0.3 is 25.7 Å². The second kappa shape index (κ2) is 10.8. The van der Waals surface area contributed by atoms with Crippen LogP contribution in [0.25, 0.3) is 0 Å². The summed E-state index contributed by atoms with van der Waals surface area (Å²) in [6.45, 7) is 7.80. The summed E-state index contributed by atoms with van der Waals surface area (Å²) in [5.41, 5.74) is 4.30. The third-order valence-electron chi connectivity index (χ3n) is 6.54. The van der Waals surface area contributed by atoms with Gasteiger partial charge in [-0.3, -0.25) is 9.59 Å². The fraction of sp³-hybridized carbons (Fsp3) is 0.444. The van der Waals surface area contributed by atoms with E-state index in [1.54, 1.807) is 12.2 Å². The zero-order valence-corrected chi connectivity index (χ0v) is 20.0. The molecule has 2 aliphatic carbocycles. The molecule has 0 unspecified atom stereocenters. The van der Waals surface area contributed by atoms with Crippen molar-refractivity contribution in [2.24, 2.45) is 11.8 Å². The maximum Gasteiger partial charge on any atom is 0.253 e. The van der Waals surface area contributed by atoms with Crippen LogP contribution >= 0.6 is 0 Å². The summed E-state index contributed by atoms with van der Waals surface area (Å²) in [4.78, 5) is 27.0. The van der Waals surface area contributed by atoms with E-state index in [1.165, 1.54) is 12.8 Å². The van der Waals surface area contributed by atoms with Gasteiger partial charge in [0.2, 0.25) is 0 Å². The van der Waals surface area contributed by atoms with Gasteiger partial charge in [0.1, 0.15) is 0 Å². The van der Waals surface area contributed by atoms with Gasteiger partial charge in [0.15, 0.2) is 0 Å². The lowest BCUT2D eigenvalue weighted by Gasteiger charge is -2.39. The highest BCUT2D eigenvalue weighted by Gasteiger charge is 2.30. The van der Waals surface area contributed by atoms with Crippen LogP contribution in [0.4, 0.5) is 0 Å². The molecule has 1 heterocycles. The molecule has 0 bridgehead atoms. The normalized spacial score (nSPS) is 19.4. The van der Waals surface area contributed by atoms with E-state index in [0.29, 0.717) is 61.5 Å². The number of likely N-dealkylation sites (tertiary alicyclic amines) is 1. The van der Waals surface area contributed by atoms with Crippen LogP contribution < -0.4 is 10.6 Å². The average molecular weight is 463 g/mol. The number of aryl methyl sites for hydroxylation is 1. The topological polar surface area (TPSA) is 94.5 Å². The lowest BCUT2D eigenvalue weighted by molar-refractivity contribution is -0.117. The van der Waals surface area contributed by atoms with Crippen molar-refractivity contribution in [1.29, 1.82) is 5.41 Å². The lowest BCUT2D eigenvalue weighted by Crippen LogP contribution is -2.52. The Hall–Kier alpha value is -3.19. The molecule has 0 spiro atoms. The zero-order chi connectivity index (χ0) is 24.1. The van der Waals surface area contributed by atoms with Gasteiger partial charge in [0.05, 0.1) is 12.3 Å². The molecule has 7 nitrogen and oxygen atoms in total. The van der Waals surface area contributed by atoms with Crippen molar-refractivity contribution in [3.05, 3.63) is 70.5 Å². The number of ether oxygens (including phenoxy) is 1. The van der Waals surface area contributed by atoms with Crippen LogP contribution in [0.5, 0.6) is 0 Å². The number of carbonyl (C=O) groups is 2. The van der Waals surface area contributed by atoms with Crippen LogP contribution in [0.15, 0.2) is 59.3 Å². The number of hydrogen-bond donors (Lipinski definition) is 3. The van der Waals surface area contributed by atoms with Crippen LogP contribution in [0.3, 0.4) is 0 Å². The predicted octanol–water partition coefficient (Wildman–Crippen LogP) is 2.99. The Bertz CT molecular complexity index is 1030. The van der Waals surface area contributed by atoms with Gasteiger partial charge in [0.25, 0.3) is 11.8 Å². The molecular weight excluding hydrogens is 428 g/mol. The maximum atomic E-state index is 12.6. The molecule has 1 aliphatic heterocycles. The molecule has 0 atom stereocenters. The van der Waals surface area contributed by atoms with E-state index < -0.39 is 0 Å². The number of amides is 2. The third kappa shape index (κ3) is 6.03. The highest BCUT2D eigenvalue weighted by molar-refractivity contribution is 6.14. The first-order chi connectivity index (χ1) is 16.4. The second-order valence-corrected chi connectivity index (χ2v) is 9.47. The van der Waals surface area contributed by atoms with Crippen LogP contribution in [0, 0.1) is 24.2 Å². The summed E-state index contributed by atoms with van der Waals surface area (Å²) < 4.78 is 5.58. The largest absolute Gasteiger partial charge is 0.390 e. The molecule has 7 heteroatoms. The molecule has 3 N–H and O–H groups in total. The van der Waals surface area contributed by atoms with Crippen molar-refractivity contribution in [3.63, 3.8) is 0 Å². The van der Waals surface area contributed by atoms with Gasteiger partial charge in [-0.15, -0.1) is 0 Å². The molecule has 0 aromatic heterocycles. The minimum absolute atomic E-state index is 0.0705. The van der Waals surface area contributed by atoms with Crippen molar-refractivity contribution < 1.29 is 14.3 Å². The predicted molar refractivity (Wildman–Crippen MR) is 133 cm³/mol. The van der Waals surface area contributed by atoms with Crippen molar-refractivity contribution in [3.8, 4) is 0 Å². The van der Waals surface area contributed by atoms with E-state index in [9.17, 15) is 9.59 Å². The first-order valence-electron chi connectivity index (χ1n) is 12.1. The number of nitrogens with zero attached hydrogens (tertiary/aromatic N) is 1. The number of allylic oxidation sites excluding steroid dienone is 3. The molecule has 180 valence electrons. The van der Waals surface area contributed by atoms with Gasteiger partial charge in [-0.25, -0.2) is 0 Å². The van der Waals surface area contributed by atoms with Crippen molar-refractivity contribution in [2.45, 2.75) is 26.7 Å². The van der Waals surface area contributed by atoms with E-state index in [-0.39, 0.29) is 11.8 Å². The molecule has 0 radical (unpaired) electrons. The van der Waals surface area contributed by atoms with Crippen LogP contribution in [-0.4, -0.2) is 61.8 Å². The molecule has 4 rings (SSSR count). The number of benzene rings is 1. The smallest absolute Gasteiger partial charge is 0.253 e. The maximum absolute atomic E-state index is 12.6. The number of hydrogen-bond acceptors (Lipinski definition) is 5. The van der Waals surface area contributed by atoms with Crippen LogP contribution in [0.2, 0.25) is 0 Å². The SMILES string of the molecule is CC1=C(C(=O)NCCOCC2CC2)C=CC(=N)/C1=C\NCC1CN(C(=O)c2ccc(C)cc2)C1. The Morgan fingerprint density at radius 3 is 2.56 bits per heavy atom. The summed E-state index contributed by atoms with van der Waals surface area (Å²) in [7, 11) is 0. The van der Waals surface area contributed by atoms with Gasteiger partial charge in [-0.1, -0.05) is 17.7 Å². The number of nitrogens with one attached hydrogen (secondary N) is 3. The lowest BCUT2D eigenvalue weighted by atomic mass is 9.92. The molecule has 1 saturated heterocycles. The third-order valence-corrected chi connectivity index (χ3v) is 6.54. The van der Waals surface area contributed by atoms with Crippen molar-refractivity contribution >= 4 is 17.5 Å². The Labute approximate surface area is 201 Å². The minimum atomic E-state index is -0.147. The Morgan fingerprint density at radius 2 is 1.85 bits per heavy atom. The second-order valence-electron chi connectivity index (χ2n) is 9.47. The fourth-order valence-electron chi connectivity index (χ4n) is 4.10. The van der Waals surface area contributed by atoms with Gasteiger partial charge in [0, 0.05) is 61.6 Å². The highest BCUT2D eigenvalue weighted by Crippen LogP contribution is 2.28. The standard InChI is InChI=1S/C27H34N4O3/c1-18-3-7-22(8-4-18)27(33)31-15-21(16-31)13-29-14-24-19(2)23(9-10-25(24)28)26(32)30-11-12-34-17-20-5-6-20/h3-4,7-10,14,20-21,28-29H,5-6,11-13,15-17H2,1-2H3,(H,30,32)/b24-14-,28-25?. The van der Waals surface area contributed by atoms with E-state index in [2.05, 4.69) is 10.6 Å². The summed E-state index contributed by atoms with van der Waals surface area (Å²) >= 11 is 0. The van der Waals surface area contributed by atoms with Gasteiger partial charge in [-0.05, 0) is 62.5 Å². The zero-order valence-electron chi connectivity index (χ0n) is 20.0. The fourth-order valence-corrected chi connectivity index (χ4v) is 4.10. The Kier molecular flexibility index (Phi) is 7.63. The van der Waals surface area contributed by atoms with Gasteiger partial charge >= 0.3 is 0 Å². The van der Waals surface area contributed by atoms with E-state index in [4.69, 9.17) is 10.1 Å². The number of carbonyl (C=O) groups excluding carboxylic acids is 2. The average Bonchev–Trinajstić information content (AvgIpc) is 3.61. The molecule has 2 amide bonds. The Balaban J connectivity index is 1.23. The summed E-state index contributed by atoms with van der Waals surface area (Å²) in [6, 6.07) is 7.66. The van der Waals surface area contributed by atoms with Crippen LogP contribution in [0.1, 0.15) is 35.7 Å². The minimum Gasteiger partial charge on any atom is -0.390 e. The molecule has 34 heavy (non-hydrogen) atoms. The van der Waals surface area contributed by atoms with E-state index in [1.807, 2.05) is 49.2 Å². The Morgan fingerprint density at radius 1 is 1.12 bits per heavy atom. The first-order valence-corrected chi connectivity index (χ1v) is 12.1. The quantitative estimate of drug-likeness (QED) is 0.466. The highest BCUT2D eigenvalue weighted by atomic mass is 16.5. The monoisotopic (exact) mass is 462 g/mol. The summed E-state index contributed by atoms with van der Waals surface area (Å²) in [5, 5.41) is 14.5. The summed E-state index contributed by atoms with van der Waals surface area (Å²) in [6.07, 6.45) is 7.68. The molecule has 2 fully saturated rings. The van der Waals surface area contributed by atoms with Crippen LogP contribution in [-0.2, 0) is 9.53 Å². The first kappa shape index (κ1) is 24.0. The molecule has 3 aliphatic rings. The van der Waals surface area contributed by atoms with E-state index in [0.717, 1.165) is 23.3 Å².